The summed E-state index contributed by atoms with van der Waals surface area (Å²) in [5.41, 5.74) is 2.33. The van der Waals surface area contributed by atoms with Crippen LogP contribution in [-0.2, 0) is 4.79 Å². The molecule has 0 N–H and O–H groups in total. The minimum atomic E-state index is -1.10. The van der Waals surface area contributed by atoms with Gasteiger partial charge in [0.05, 0.1) is 22.7 Å². The molecule has 0 aliphatic rings. The highest BCUT2D eigenvalue weighted by Crippen LogP contribution is 2.21. The van der Waals surface area contributed by atoms with Crippen molar-refractivity contribution in [3.8, 4) is 0 Å². The predicted molar refractivity (Wildman–Crippen MR) is 60.0 cm³/mol. The molecule has 4 nitrogen and oxygen atoms in total. The van der Waals surface area contributed by atoms with E-state index in [1.54, 1.807) is 0 Å². The third-order valence-corrected chi connectivity index (χ3v) is 3.07. The zero-order valence-electron chi connectivity index (χ0n) is 8.64. The van der Waals surface area contributed by atoms with Crippen LogP contribution in [0.15, 0.2) is 29.3 Å². The first kappa shape index (κ1) is 10.9. The van der Waals surface area contributed by atoms with Crippen LogP contribution in [0.2, 0.25) is 0 Å². The molecule has 0 bridgehead atoms. The van der Waals surface area contributed by atoms with Gasteiger partial charge >= 0.3 is 0 Å². The first-order valence-corrected chi connectivity index (χ1v) is 5.71. The summed E-state index contributed by atoms with van der Waals surface area (Å²) in [6, 6.07) is 7.50. The lowest BCUT2D eigenvalue weighted by molar-refractivity contribution is -0.301. The van der Waals surface area contributed by atoms with Crippen molar-refractivity contribution >= 4 is 28.8 Å². The Bertz CT molecular complexity index is 542. The van der Waals surface area contributed by atoms with Crippen molar-refractivity contribution in [2.45, 2.75) is 11.9 Å². The number of nitrogens with zero attached hydrogens (tertiary/aromatic N) is 2. The first-order valence-electron chi connectivity index (χ1n) is 4.73. The lowest BCUT2D eigenvalue weighted by Crippen LogP contribution is -2.24. The molecular formula is C11H9N2O2S-. The maximum Gasteiger partial charge on any atom is 0.118 e. The highest BCUT2D eigenvalue weighted by molar-refractivity contribution is 7.99. The lowest BCUT2D eigenvalue weighted by atomic mass is 10.3. The molecule has 0 saturated heterocycles. The number of aliphatic carboxylic acids is 1. The minimum absolute atomic E-state index is 0.103. The molecule has 2 rings (SSSR count). The van der Waals surface area contributed by atoms with E-state index in [4.69, 9.17) is 0 Å². The van der Waals surface area contributed by atoms with Gasteiger partial charge in [-0.05, 0) is 19.1 Å². The molecule has 0 aliphatic heterocycles. The highest BCUT2D eigenvalue weighted by Gasteiger charge is 2.05. The van der Waals surface area contributed by atoms with Gasteiger partial charge in [-0.3, -0.25) is 0 Å². The number of rotatable bonds is 3. The number of carbonyl (C=O) groups is 1. The van der Waals surface area contributed by atoms with E-state index in [1.165, 1.54) is 0 Å². The van der Waals surface area contributed by atoms with Crippen LogP contribution < -0.4 is 5.11 Å². The summed E-state index contributed by atoms with van der Waals surface area (Å²) in [5.74, 6) is -1.20. The number of aryl methyl sites for hydroxylation is 1. The predicted octanol–water partition coefficient (Wildman–Crippen LogP) is 0.780. The Morgan fingerprint density at radius 1 is 1.31 bits per heavy atom. The SMILES string of the molecule is Cc1nc2ccccc2nc1SCC(=O)[O-]. The Kier molecular flexibility index (Phi) is 3.05. The Labute approximate surface area is 96.7 Å². The Balaban J connectivity index is 2.38. The maximum absolute atomic E-state index is 10.4. The van der Waals surface area contributed by atoms with Crippen molar-refractivity contribution in [2.24, 2.45) is 0 Å². The monoisotopic (exact) mass is 233 g/mol. The van der Waals surface area contributed by atoms with Crippen LogP contribution >= 0.6 is 11.8 Å². The zero-order chi connectivity index (χ0) is 11.5. The quantitative estimate of drug-likeness (QED) is 0.733. The van der Waals surface area contributed by atoms with Crippen molar-refractivity contribution in [2.75, 3.05) is 5.75 Å². The summed E-state index contributed by atoms with van der Waals surface area (Å²) in [5, 5.41) is 11.0. The third-order valence-electron chi connectivity index (χ3n) is 2.03. The van der Waals surface area contributed by atoms with E-state index < -0.39 is 5.97 Å². The van der Waals surface area contributed by atoms with Gasteiger partial charge in [-0.2, -0.15) is 0 Å². The average Bonchev–Trinajstić information content (AvgIpc) is 2.26. The minimum Gasteiger partial charge on any atom is -0.549 e. The number of fused-ring (bicyclic) bond motifs is 1. The molecule has 1 aromatic carbocycles. The van der Waals surface area contributed by atoms with E-state index in [1.807, 2.05) is 31.2 Å². The topological polar surface area (TPSA) is 65.9 Å². The molecule has 82 valence electrons. The van der Waals surface area contributed by atoms with Gasteiger partial charge in [0.15, 0.2) is 0 Å². The third kappa shape index (κ3) is 2.30. The average molecular weight is 233 g/mol. The van der Waals surface area contributed by atoms with Crippen LogP contribution in [0.1, 0.15) is 5.69 Å². The second kappa shape index (κ2) is 4.49. The molecular weight excluding hydrogens is 224 g/mol. The van der Waals surface area contributed by atoms with Gasteiger partial charge in [0, 0.05) is 5.75 Å². The number of hydrogen-bond acceptors (Lipinski definition) is 5. The second-order valence-corrected chi connectivity index (χ2v) is 4.23. The lowest BCUT2D eigenvalue weighted by Gasteiger charge is -2.06. The van der Waals surface area contributed by atoms with Gasteiger partial charge in [0.25, 0.3) is 0 Å². The van der Waals surface area contributed by atoms with E-state index in [-0.39, 0.29) is 5.75 Å². The van der Waals surface area contributed by atoms with Gasteiger partial charge in [0.1, 0.15) is 5.03 Å². The van der Waals surface area contributed by atoms with Crippen molar-refractivity contribution in [3.63, 3.8) is 0 Å². The fraction of sp³-hybridized carbons (Fsp3) is 0.182. The smallest absolute Gasteiger partial charge is 0.118 e. The van der Waals surface area contributed by atoms with E-state index in [2.05, 4.69) is 9.97 Å². The number of carboxylic acid groups (broad SMARTS) is 1. The normalized spacial score (nSPS) is 10.6. The standard InChI is InChI=1S/C11H10N2O2S/c1-7-11(16-6-10(14)15)13-9-5-3-2-4-8(9)12-7/h2-5H,6H2,1H3,(H,14,15)/p-1. The fourth-order valence-corrected chi connectivity index (χ4v) is 2.01. The molecule has 1 heterocycles. The van der Waals surface area contributed by atoms with E-state index >= 15 is 0 Å². The van der Waals surface area contributed by atoms with Gasteiger partial charge in [-0.25, -0.2) is 9.97 Å². The van der Waals surface area contributed by atoms with Gasteiger partial charge < -0.3 is 9.90 Å². The van der Waals surface area contributed by atoms with Crippen LogP contribution in [0.5, 0.6) is 0 Å². The number of carboxylic acids is 1. The number of thioether (sulfide) groups is 1. The first-order chi connectivity index (χ1) is 7.66. The number of hydrogen-bond donors (Lipinski definition) is 0. The summed E-state index contributed by atoms with van der Waals surface area (Å²) >= 11 is 1.13. The molecule has 0 spiro atoms. The highest BCUT2D eigenvalue weighted by atomic mass is 32.2. The van der Waals surface area contributed by atoms with Crippen LogP contribution in [0.25, 0.3) is 11.0 Å². The van der Waals surface area contributed by atoms with Crippen LogP contribution in [0.4, 0.5) is 0 Å². The molecule has 0 aliphatic carbocycles. The number of para-hydroxylation sites is 2. The van der Waals surface area contributed by atoms with Crippen LogP contribution in [0, 0.1) is 6.92 Å². The maximum atomic E-state index is 10.4. The molecule has 0 saturated carbocycles. The van der Waals surface area contributed by atoms with Crippen LogP contribution in [0.3, 0.4) is 0 Å². The summed E-state index contributed by atoms with van der Waals surface area (Å²) in [6.07, 6.45) is 0. The van der Waals surface area contributed by atoms with E-state index in [0.717, 1.165) is 28.5 Å². The second-order valence-electron chi connectivity index (χ2n) is 3.26. The Hall–Kier alpha value is -1.62. The molecule has 0 fully saturated rings. The van der Waals surface area contributed by atoms with Gasteiger partial charge in [-0.1, -0.05) is 23.9 Å². The molecule has 2 aromatic rings. The van der Waals surface area contributed by atoms with Crippen LogP contribution in [-0.4, -0.2) is 21.7 Å². The zero-order valence-corrected chi connectivity index (χ0v) is 9.45. The summed E-state index contributed by atoms with van der Waals surface area (Å²) in [4.78, 5) is 19.1. The molecule has 0 radical (unpaired) electrons. The van der Waals surface area contributed by atoms with Crippen molar-refractivity contribution < 1.29 is 9.90 Å². The molecule has 16 heavy (non-hydrogen) atoms. The number of benzene rings is 1. The van der Waals surface area contributed by atoms with Crippen molar-refractivity contribution in [1.82, 2.24) is 9.97 Å². The largest absolute Gasteiger partial charge is 0.549 e. The molecule has 0 amide bonds. The molecule has 0 unspecified atom stereocenters. The molecule has 5 heteroatoms. The number of aromatic nitrogens is 2. The summed E-state index contributed by atoms with van der Waals surface area (Å²) < 4.78 is 0. The number of carbonyl (C=O) groups excluding carboxylic acids is 1. The van der Waals surface area contributed by atoms with E-state index in [9.17, 15) is 9.90 Å². The summed E-state index contributed by atoms with van der Waals surface area (Å²) in [7, 11) is 0. The molecule has 0 atom stereocenters. The van der Waals surface area contributed by atoms with E-state index in [0.29, 0.717) is 5.03 Å². The Morgan fingerprint density at radius 2 is 1.94 bits per heavy atom. The Morgan fingerprint density at radius 3 is 2.56 bits per heavy atom. The van der Waals surface area contributed by atoms with Gasteiger partial charge in [-0.15, -0.1) is 0 Å². The fourth-order valence-electron chi connectivity index (χ4n) is 1.34. The van der Waals surface area contributed by atoms with Crippen molar-refractivity contribution in [1.29, 1.82) is 0 Å². The van der Waals surface area contributed by atoms with Crippen molar-refractivity contribution in [3.05, 3.63) is 30.0 Å². The molecule has 1 aromatic heterocycles. The van der Waals surface area contributed by atoms with Gasteiger partial charge in [0.2, 0.25) is 0 Å². The summed E-state index contributed by atoms with van der Waals surface area (Å²) in [6.45, 7) is 1.82.